The van der Waals surface area contributed by atoms with Crippen LogP contribution in [0.5, 0.6) is 0 Å². The van der Waals surface area contributed by atoms with Gasteiger partial charge in [-0.3, -0.25) is 4.79 Å². The number of carbonyl (C=O) groups is 1. The van der Waals surface area contributed by atoms with Crippen LogP contribution in [-0.4, -0.2) is 17.4 Å². The Bertz CT molecular complexity index is 920. The van der Waals surface area contributed by atoms with E-state index in [2.05, 4.69) is 45.9 Å². The fourth-order valence-electron chi connectivity index (χ4n) is 3.19. The second-order valence-corrected chi connectivity index (χ2v) is 7.59. The standard InChI is InChI=1S/C21H21N3OS/c1-14-17-12-16(9-10-18(17)24-20(14)25)19-13-23-21(26-19)22-11-5-8-15-6-3-2-4-7-15/h2-4,6-7,9-10,12-14H,5,8,11H2,1H3,(H,22,23)(H,24,25). The molecule has 0 radical (unpaired) electrons. The Morgan fingerprint density at radius 1 is 1.19 bits per heavy atom. The summed E-state index contributed by atoms with van der Waals surface area (Å²) in [5, 5.41) is 7.27. The van der Waals surface area contributed by atoms with Crippen LogP contribution in [0.2, 0.25) is 0 Å². The highest BCUT2D eigenvalue weighted by molar-refractivity contribution is 7.18. The van der Waals surface area contributed by atoms with Crippen molar-refractivity contribution in [2.24, 2.45) is 0 Å². The van der Waals surface area contributed by atoms with Crippen molar-refractivity contribution < 1.29 is 4.79 Å². The third-order valence-corrected chi connectivity index (χ3v) is 5.72. The molecule has 1 aromatic heterocycles. The normalized spacial score (nSPS) is 15.6. The van der Waals surface area contributed by atoms with Crippen LogP contribution in [0, 0.1) is 0 Å². The number of hydrogen-bond acceptors (Lipinski definition) is 4. The van der Waals surface area contributed by atoms with Gasteiger partial charge in [0, 0.05) is 18.4 Å². The molecule has 2 N–H and O–H groups in total. The van der Waals surface area contributed by atoms with Crippen LogP contribution < -0.4 is 10.6 Å². The van der Waals surface area contributed by atoms with Gasteiger partial charge >= 0.3 is 0 Å². The molecular formula is C21H21N3OS. The van der Waals surface area contributed by atoms with Gasteiger partial charge in [0.1, 0.15) is 0 Å². The van der Waals surface area contributed by atoms with E-state index in [1.165, 1.54) is 5.56 Å². The largest absolute Gasteiger partial charge is 0.361 e. The third-order valence-electron chi connectivity index (χ3n) is 4.72. The topological polar surface area (TPSA) is 54.0 Å². The molecule has 4 rings (SSSR count). The van der Waals surface area contributed by atoms with E-state index in [0.29, 0.717) is 0 Å². The van der Waals surface area contributed by atoms with Crippen molar-refractivity contribution in [1.82, 2.24) is 4.98 Å². The van der Waals surface area contributed by atoms with Gasteiger partial charge in [-0.15, -0.1) is 0 Å². The second-order valence-electron chi connectivity index (χ2n) is 6.56. The molecule has 1 amide bonds. The van der Waals surface area contributed by atoms with E-state index in [1.54, 1.807) is 11.3 Å². The molecule has 5 heteroatoms. The highest BCUT2D eigenvalue weighted by Gasteiger charge is 2.26. The van der Waals surface area contributed by atoms with E-state index in [0.717, 1.165) is 46.2 Å². The summed E-state index contributed by atoms with van der Waals surface area (Å²) in [5.74, 6) is -0.0179. The lowest BCUT2D eigenvalue weighted by Gasteiger charge is -2.04. The molecule has 26 heavy (non-hydrogen) atoms. The molecule has 0 saturated heterocycles. The van der Waals surface area contributed by atoms with Crippen molar-refractivity contribution in [3.63, 3.8) is 0 Å². The summed E-state index contributed by atoms with van der Waals surface area (Å²) in [7, 11) is 0. The maximum atomic E-state index is 11.8. The van der Waals surface area contributed by atoms with Gasteiger partial charge in [-0.05, 0) is 48.6 Å². The number of hydrogen-bond donors (Lipinski definition) is 2. The molecule has 2 aromatic carbocycles. The Hall–Kier alpha value is -2.66. The lowest BCUT2D eigenvalue weighted by atomic mass is 10.0. The summed E-state index contributed by atoms with van der Waals surface area (Å²) >= 11 is 1.65. The molecule has 0 bridgehead atoms. The highest BCUT2D eigenvalue weighted by Crippen LogP contribution is 2.37. The lowest BCUT2D eigenvalue weighted by molar-refractivity contribution is -0.116. The first-order valence-corrected chi connectivity index (χ1v) is 9.71. The maximum Gasteiger partial charge on any atom is 0.231 e. The summed E-state index contributed by atoms with van der Waals surface area (Å²) < 4.78 is 0. The number of amides is 1. The van der Waals surface area contributed by atoms with Gasteiger partial charge in [0.25, 0.3) is 0 Å². The van der Waals surface area contributed by atoms with Crippen LogP contribution in [-0.2, 0) is 11.2 Å². The van der Waals surface area contributed by atoms with Gasteiger partial charge in [-0.25, -0.2) is 4.98 Å². The molecule has 132 valence electrons. The van der Waals surface area contributed by atoms with Gasteiger partial charge in [-0.1, -0.05) is 47.7 Å². The number of nitrogens with zero attached hydrogens (tertiary/aromatic N) is 1. The van der Waals surface area contributed by atoms with Crippen LogP contribution in [0.15, 0.2) is 54.7 Å². The van der Waals surface area contributed by atoms with Gasteiger partial charge < -0.3 is 10.6 Å². The minimum atomic E-state index is -0.0894. The Morgan fingerprint density at radius 3 is 2.88 bits per heavy atom. The quantitative estimate of drug-likeness (QED) is 0.612. The summed E-state index contributed by atoms with van der Waals surface area (Å²) in [6.07, 6.45) is 4.04. The SMILES string of the molecule is CC1C(=O)Nc2ccc(-c3cnc(NCCCc4ccccc4)s3)cc21. The van der Waals surface area contributed by atoms with Crippen LogP contribution >= 0.6 is 11.3 Å². The zero-order valence-corrected chi connectivity index (χ0v) is 15.5. The van der Waals surface area contributed by atoms with Crippen LogP contribution in [0.4, 0.5) is 10.8 Å². The summed E-state index contributed by atoms with van der Waals surface area (Å²) in [6.45, 7) is 2.85. The minimum Gasteiger partial charge on any atom is -0.361 e. The zero-order valence-electron chi connectivity index (χ0n) is 14.7. The number of aromatic nitrogens is 1. The van der Waals surface area contributed by atoms with Crippen molar-refractivity contribution in [3.05, 3.63) is 65.9 Å². The molecule has 1 unspecified atom stereocenters. The minimum absolute atomic E-state index is 0.0715. The number of fused-ring (bicyclic) bond motifs is 1. The van der Waals surface area contributed by atoms with Crippen molar-refractivity contribution in [3.8, 4) is 10.4 Å². The molecule has 0 fully saturated rings. The molecular weight excluding hydrogens is 342 g/mol. The van der Waals surface area contributed by atoms with Gasteiger partial charge in [0.15, 0.2) is 5.13 Å². The molecule has 0 aliphatic carbocycles. The molecule has 1 aliphatic heterocycles. The van der Waals surface area contributed by atoms with Gasteiger partial charge in [-0.2, -0.15) is 0 Å². The van der Waals surface area contributed by atoms with E-state index in [-0.39, 0.29) is 11.8 Å². The van der Waals surface area contributed by atoms with Gasteiger partial charge in [0.05, 0.1) is 10.8 Å². The van der Waals surface area contributed by atoms with Crippen LogP contribution in [0.1, 0.15) is 30.4 Å². The monoisotopic (exact) mass is 363 g/mol. The van der Waals surface area contributed by atoms with Crippen LogP contribution in [0.25, 0.3) is 10.4 Å². The fourth-order valence-corrected chi connectivity index (χ4v) is 4.03. The lowest BCUT2D eigenvalue weighted by Crippen LogP contribution is -2.08. The van der Waals surface area contributed by atoms with Crippen molar-refractivity contribution >= 4 is 28.1 Å². The zero-order chi connectivity index (χ0) is 17.9. The number of rotatable bonds is 6. The van der Waals surface area contributed by atoms with E-state index >= 15 is 0 Å². The number of aryl methyl sites for hydroxylation is 1. The number of benzene rings is 2. The van der Waals surface area contributed by atoms with Gasteiger partial charge in [0.2, 0.25) is 5.91 Å². The second kappa shape index (κ2) is 7.30. The van der Waals surface area contributed by atoms with E-state index < -0.39 is 0 Å². The summed E-state index contributed by atoms with van der Waals surface area (Å²) in [5.41, 5.74) is 4.47. The Morgan fingerprint density at radius 2 is 2.04 bits per heavy atom. The summed E-state index contributed by atoms with van der Waals surface area (Å²) in [6, 6.07) is 16.7. The Kier molecular flexibility index (Phi) is 4.71. The molecule has 3 aromatic rings. The molecule has 1 atom stereocenters. The number of thiazole rings is 1. The predicted molar refractivity (Wildman–Crippen MR) is 108 cm³/mol. The molecule has 0 saturated carbocycles. The van der Waals surface area contributed by atoms with E-state index in [1.807, 2.05) is 31.3 Å². The summed E-state index contributed by atoms with van der Waals surface area (Å²) in [4.78, 5) is 17.4. The molecule has 1 aliphatic rings. The van der Waals surface area contributed by atoms with E-state index in [9.17, 15) is 4.79 Å². The third kappa shape index (κ3) is 3.48. The first kappa shape index (κ1) is 16.8. The number of nitrogens with one attached hydrogen (secondary N) is 2. The average molecular weight is 363 g/mol. The van der Waals surface area contributed by atoms with Crippen LogP contribution in [0.3, 0.4) is 0 Å². The number of carbonyl (C=O) groups excluding carboxylic acids is 1. The van der Waals surface area contributed by atoms with Crippen molar-refractivity contribution in [2.75, 3.05) is 17.2 Å². The van der Waals surface area contributed by atoms with E-state index in [4.69, 9.17) is 0 Å². The van der Waals surface area contributed by atoms with Crippen molar-refractivity contribution in [2.45, 2.75) is 25.7 Å². The van der Waals surface area contributed by atoms with Crippen molar-refractivity contribution in [1.29, 1.82) is 0 Å². The average Bonchev–Trinajstić information content (AvgIpc) is 3.25. The smallest absolute Gasteiger partial charge is 0.231 e. The maximum absolute atomic E-state index is 11.8. The first-order chi connectivity index (χ1) is 12.7. The highest BCUT2D eigenvalue weighted by atomic mass is 32.1. The Labute approximate surface area is 157 Å². The molecule has 4 nitrogen and oxygen atoms in total. The Balaban J connectivity index is 1.37. The number of anilines is 2. The molecule has 0 spiro atoms. The first-order valence-electron chi connectivity index (χ1n) is 8.89. The fraction of sp³-hybridized carbons (Fsp3) is 0.238. The molecule has 2 heterocycles. The predicted octanol–water partition coefficient (Wildman–Crippen LogP) is 4.91.